The van der Waals surface area contributed by atoms with E-state index < -0.39 is 15.7 Å². The number of nitrogens with two attached hydrogens (primary N) is 1. The Hall–Kier alpha value is -3.66. The summed E-state index contributed by atoms with van der Waals surface area (Å²) in [5.74, 6) is -0.314. The first-order chi connectivity index (χ1) is 15.3. The molecule has 1 aliphatic heterocycles. The smallest absolute Gasteiger partial charge is 0.293 e. The van der Waals surface area contributed by atoms with Gasteiger partial charge in [-0.05, 0) is 36.8 Å². The monoisotopic (exact) mass is 455 g/mol. The van der Waals surface area contributed by atoms with Crippen molar-refractivity contribution in [3.05, 3.63) is 53.2 Å². The van der Waals surface area contributed by atoms with Gasteiger partial charge in [0.2, 0.25) is 0 Å². The number of pyridine rings is 1. The lowest BCUT2D eigenvalue weighted by atomic mass is 10.0. The second-order valence-corrected chi connectivity index (χ2v) is 9.45. The van der Waals surface area contributed by atoms with E-state index in [1.807, 2.05) is 18.2 Å². The molecule has 0 atom stereocenters. The number of hydrogen-bond acceptors (Lipinski definition) is 8. The lowest BCUT2D eigenvalue weighted by Gasteiger charge is -2.17. The van der Waals surface area contributed by atoms with Gasteiger partial charge >= 0.3 is 0 Å². The highest BCUT2D eigenvalue weighted by molar-refractivity contribution is 7.91. The number of ether oxygens (including phenoxy) is 2. The van der Waals surface area contributed by atoms with Crippen LogP contribution in [0.25, 0.3) is 10.9 Å². The van der Waals surface area contributed by atoms with Gasteiger partial charge in [0.05, 0.1) is 34.0 Å². The number of fused-ring (bicyclic) bond motifs is 2. The highest BCUT2D eigenvalue weighted by Gasteiger charge is 2.22. The van der Waals surface area contributed by atoms with Crippen LogP contribution < -0.4 is 15.8 Å². The number of aromatic nitrogens is 1. The van der Waals surface area contributed by atoms with Gasteiger partial charge < -0.3 is 20.5 Å². The summed E-state index contributed by atoms with van der Waals surface area (Å²) in [4.78, 5) is 26.9. The van der Waals surface area contributed by atoms with Crippen molar-refractivity contribution in [1.29, 1.82) is 0 Å². The number of rotatable bonds is 8. The average molecular weight is 455 g/mol. The Morgan fingerprint density at radius 1 is 1.34 bits per heavy atom. The molecule has 2 heterocycles. The van der Waals surface area contributed by atoms with E-state index in [9.17, 15) is 18.0 Å². The average Bonchev–Trinajstić information content (AvgIpc) is 3.24. The molecule has 1 amide bonds. The number of carbonyl (C=O) groups is 2. The highest BCUT2D eigenvalue weighted by atomic mass is 32.2. The maximum Gasteiger partial charge on any atom is 0.293 e. The van der Waals surface area contributed by atoms with Crippen molar-refractivity contribution in [3.63, 3.8) is 0 Å². The number of sulfone groups is 1. The van der Waals surface area contributed by atoms with E-state index in [2.05, 4.69) is 15.0 Å². The lowest BCUT2D eigenvalue weighted by Crippen LogP contribution is -2.15. The molecular formula is C22H21N3O6S. The topological polar surface area (TPSA) is 138 Å². The molecule has 166 valence electrons. The van der Waals surface area contributed by atoms with Crippen molar-refractivity contribution >= 4 is 44.5 Å². The summed E-state index contributed by atoms with van der Waals surface area (Å²) in [6.45, 7) is 2.23. The summed E-state index contributed by atoms with van der Waals surface area (Å²) < 4.78 is 35.8. The van der Waals surface area contributed by atoms with Gasteiger partial charge in [0.25, 0.3) is 12.4 Å². The third kappa shape index (κ3) is 3.96. The molecule has 3 N–H and O–H groups in total. The fourth-order valence-corrected chi connectivity index (χ4v) is 4.95. The van der Waals surface area contributed by atoms with E-state index in [1.54, 1.807) is 6.92 Å². The number of benzene rings is 2. The molecule has 4 rings (SSSR count). The van der Waals surface area contributed by atoms with E-state index in [0.29, 0.717) is 35.2 Å². The number of amides is 1. The summed E-state index contributed by atoms with van der Waals surface area (Å²) in [6, 6.07) is 8.51. The van der Waals surface area contributed by atoms with E-state index in [1.165, 1.54) is 18.3 Å². The molecule has 3 aromatic rings. The third-order valence-corrected chi connectivity index (χ3v) is 6.96. The minimum Gasteiger partial charge on any atom is -0.493 e. The Morgan fingerprint density at radius 2 is 2.16 bits per heavy atom. The van der Waals surface area contributed by atoms with Gasteiger partial charge in [-0.1, -0.05) is 6.07 Å². The van der Waals surface area contributed by atoms with Gasteiger partial charge in [0.1, 0.15) is 12.4 Å². The molecule has 1 aliphatic rings. The number of anilines is 2. The zero-order valence-corrected chi connectivity index (χ0v) is 18.1. The largest absolute Gasteiger partial charge is 0.493 e. The summed E-state index contributed by atoms with van der Waals surface area (Å²) in [6.07, 6.45) is 2.08. The number of nitrogens with zero attached hydrogens (tertiary/aromatic N) is 1. The highest BCUT2D eigenvalue weighted by Crippen LogP contribution is 2.37. The van der Waals surface area contributed by atoms with Gasteiger partial charge in [0, 0.05) is 29.3 Å². The first-order valence-electron chi connectivity index (χ1n) is 9.84. The Labute approximate surface area is 184 Å². The van der Waals surface area contributed by atoms with Gasteiger partial charge in [-0.25, -0.2) is 8.42 Å². The minimum absolute atomic E-state index is 0.0325. The second kappa shape index (κ2) is 8.46. The van der Waals surface area contributed by atoms with Gasteiger partial charge in [-0.15, -0.1) is 0 Å². The van der Waals surface area contributed by atoms with Crippen molar-refractivity contribution in [2.45, 2.75) is 18.2 Å². The van der Waals surface area contributed by atoms with Gasteiger partial charge in [-0.2, -0.15) is 0 Å². The van der Waals surface area contributed by atoms with Crippen LogP contribution in [0.4, 0.5) is 11.4 Å². The number of carbonyl (C=O) groups excluding carboxylic acids is 2. The Bertz CT molecular complexity index is 1340. The van der Waals surface area contributed by atoms with E-state index in [4.69, 9.17) is 10.5 Å². The molecule has 10 heteroatoms. The molecule has 9 nitrogen and oxygen atoms in total. The summed E-state index contributed by atoms with van der Waals surface area (Å²) in [5.41, 5.74) is 8.94. The Balaban J connectivity index is 1.89. The molecule has 0 fully saturated rings. The maximum absolute atomic E-state index is 12.8. The first-order valence-corrected chi connectivity index (χ1v) is 11.5. The minimum atomic E-state index is -3.75. The molecule has 0 saturated heterocycles. The molecule has 0 radical (unpaired) electrons. The summed E-state index contributed by atoms with van der Waals surface area (Å²) >= 11 is 0. The van der Waals surface area contributed by atoms with E-state index >= 15 is 0 Å². The zero-order valence-electron chi connectivity index (χ0n) is 17.3. The van der Waals surface area contributed by atoms with Crippen LogP contribution in [0, 0.1) is 6.92 Å². The van der Waals surface area contributed by atoms with Gasteiger partial charge in [-0.3, -0.25) is 14.6 Å². The maximum atomic E-state index is 12.8. The van der Waals surface area contributed by atoms with E-state index in [0.717, 1.165) is 17.0 Å². The summed E-state index contributed by atoms with van der Waals surface area (Å²) in [7, 11) is -3.75. The normalized spacial score (nSPS) is 12.8. The zero-order chi connectivity index (χ0) is 22.9. The van der Waals surface area contributed by atoms with Crippen LogP contribution in [-0.2, 0) is 25.8 Å². The molecule has 0 unspecified atom stereocenters. The SMILES string of the molecule is Cc1cc(S(=O)(=O)CCOC=O)cc2c(Nc3cccc4c3CCO4)c(C(N)=O)cnc12. The van der Waals surface area contributed by atoms with Crippen LogP contribution in [0.3, 0.4) is 0 Å². The van der Waals surface area contributed by atoms with Crippen LogP contribution in [0.5, 0.6) is 5.75 Å². The first kappa shape index (κ1) is 21.6. The number of hydrogen-bond donors (Lipinski definition) is 2. The van der Waals surface area contributed by atoms with E-state index in [-0.39, 0.29) is 29.3 Å². The number of primary amides is 1. The van der Waals surface area contributed by atoms with Crippen LogP contribution in [0.2, 0.25) is 0 Å². The van der Waals surface area contributed by atoms with Crippen LogP contribution >= 0.6 is 0 Å². The molecular weight excluding hydrogens is 434 g/mol. The van der Waals surface area contributed by atoms with Crippen molar-refractivity contribution in [2.24, 2.45) is 5.73 Å². The predicted molar refractivity (Wildman–Crippen MR) is 118 cm³/mol. The molecule has 0 aliphatic carbocycles. The lowest BCUT2D eigenvalue weighted by molar-refractivity contribution is -0.128. The van der Waals surface area contributed by atoms with Crippen LogP contribution in [-0.4, -0.2) is 44.7 Å². The van der Waals surface area contributed by atoms with Crippen molar-refractivity contribution in [1.82, 2.24) is 4.98 Å². The van der Waals surface area contributed by atoms with Crippen LogP contribution in [0.1, 0.15) is 21.5 Å². The quantitative estimate of drug-likeness (QED) is 0.390. The molecule has 0 saturated carbocycles. The van der Waals surface area contributed by atoms with Crippen molar-refractivity contribution in [3.8, 4) is 5.75 Å². The fraction of sp³-hybridized carbons (Fsp3) is 0.227. The molecule has 0 spiro atoms. The summed E-state index contributed by atoms with van der Waals surface area (Å²) in [5, 5.41) is 3.71. The predicted octanol–water partition coefficient (Wildman–Crippen LogP) is 2.27. The molecule has 2 aromatic carbocycles. The molecule has 0 bridgehead atoms. The number of nitrogens with one attached hydrogen (secondary N) is 1. The Morgan fingerprint density at radius 3 is 2.91 bits per heavy atom. The van der Waals surface area contributed by atoms with Gasteiger partial charge in [0.15, 0.2) is 9.84 Å². The van der Waals surface area contributed by atoms with Crippen molar-refractivity contribution < 1.29 is 27.5 Å². The second-order valence-electron chi connectivity index (χ2n) is 7.34. The van der Waals surface area contributed by atoms with Crippen LogP contribution in [0.15, 0.2) is 41.4 Å². The molecule has 32 heavy (non-hydrogen) atoms. The standard InChI is InChI=1S/C22H21N3O6S/c1-13-9-14(32(28,29)8-7-30-12-26)10-16-20(13)24-11-17(22(23)27)21(16)25-18-3-2-4-19-15(18)5-6-31-19/h2-4,9-12H,5-8H2,1H3,(H2,23,27)(H,24,25). The Kier molecular flexibility index (Phi) is 5.70. The van der Waals surface area contributed by atoms with Crippen molar-refractivity contribution in [2.75, 3.05) is 24.3 Å². The molecule has 1 aromatic heterocycles. The number of aryl methyl sites for hydroxylation is 1. The third-order valence-electron chi connectivity index (χ3n) is 5.30. The fourth-order valence-electron chi connectivity index (χ4n) is 3.75.